The Kier molecular flexibility index (Phi) is 6.14. The number of likely N-dealkylation sites (tertiary alicyclic amines) is 2. The van der Waals surface area contributed by atoms with Gasteiger partial charge in [-0.15, -0.1) is 0 Å². The van der Waals surface area contributed by atoms with Gasteiger partial charge in [-0.3, -0.25) is 9.69 Å². The van der Waals surface area contributed by atoms with E-state index in [4.69, 9.17) is 18.0 Å². The summed E-state index contributed by atoms with van der Waals surface area (Å²) in [5.41, 5.74) is 4.70. The number of amides is 1. The normalized spacial score (nSPS) is 20.6. The maximum atomic E-state index is 12.9. The molecule has 0 spiro atoms. The first kappa shape index (κ1) is 20.9. The number of piperidine rings is 2. The van der Waals surface area contributed by atoms with Crippen molar-refractivity contribution in [3.8, 4) is 0 Å². The Morgan fingerprint density at radius 1 is 1.11 bits per heavy atom. The van der Waals surface area contributed by atoms with Gasteiger partial charge in [-0.05, 0) is 69.2 Å². The standard InChI is InChI=1S/C19H25F3N4OS/c20-19(21,22)14-5-4-6-15(13-14)24-17(28)25-11-7-18(8-12-25,16(23)27)26-9-2-1-3-10-26/h4-6,13H,1-3,7-12H2,(H2,23,27)(H,24,28). The van der Waals surface area contributed by atoms with Gasteiger partial charge in [0.2, 0.25) is 5.91 Å². The molecule has 2 heterocycles. The predicted molar refractivity (Wildman–Crippen MR) is 106 cm³/mol. The van der Waals surface area contributed by atoms with E-state index in [9.17, 15) is 18.0 Å². The monoisotopic (exact) mass is 414 g/mol. The second-order valence-corrected chi connectivity index (χ2v) is 7.83. The van der Waals surface area contributed by atoms with E-state index in [1.165, 1.54) is 12.5 Å². The minimum atomic E-state index is -4.40. The van der Waals surface area contributed by atoms with Crippen LogP contribution in [0.15, 0.2) is 24.3 Å². The average Bonchev–Trinajstić information content (AvgIpc) is 2.68. The molecule has 2 aliphatic heterocycles. The molecule has 1 amide bonds. The maximum Gasteiger partial charge on any atom is 0.416 e. The zero-order valence-electron chi connectivity index (χ0n) is 15.6. The number of rotatable bonds is 3. The third-order valence-electron chi connectivity index (χ3n) is 5.74. The molecule has 5 nitrogen and oxygen atoms in total. The quantitative estimate of drug-likeness (QED) is 0.744. The Balaban J connectivity index is 1.64. The van der Waals surface area contributed by atoms with Crippen molar-refractivity contribution in [3.05, 3.63) is 29.8 Å². The molecule has 0 saturated carbocycles. The van der Waals surface area contributed by atoms with Crippen molar-refractivity contribution in [2.24, 2.45) is 5.73 Å². The first-order chi connectivity index (χ1) is 13.2. The topological polar surface area (TPSA) is 61.6 Å². The Hall–Kier alpha value is -1.87. The molecule has 0 bridgehead atoms. The Morgan fingerprint density at radius 3 is 2.32 bits per heavy atom. The summed E-state index contributed by atoms with van der Waals surface area (Å²) in [6.07, 6.45) is 0.0183. The van der Waals surface area contributed by atoms with E-state index in [-0.39, 0.29) is 5.91 Å². The zero-order chi connectivity index (χ0) is 20.4. The lowest BCUT2D eigenvalue weighted by molar-refractivity contribution is -0.137. The second-order valence-electron chi connectivity index (χ2n) is 7.44. The van der Waals surface area contributed by atoms with Crippen LogP contribution in [0.3, 0.4) is 0 Å². The molecule has 3 rings (SSSR count). The van der Waals surface area contributed by atoms with Crippen LogP contribution in [0.2, 0.25) is 0 Å². The lowest BCUT2D eigenvalue weighted by Gasteiger charge is -2.48. The fourth-order valence-electron chi connectivity index (χ4n) is 4.10. The van der Waals surface area contributed by atoms with Crippen LogP contribution in [-0.2, 0) is 11.0 Å². The predicted octanol–water partition coefficient (Wildman–Crippen LogP) is 3.21. The molecular weight excluding hydrogens is 389 g/mol. The number of thiocarbonyl (C=S) groups is 1. The number of carbonyl (C=O) groups is 1. The second kappa shape index (κ2) is 8.24. The molecule has 0 aromatic heterocycles. The third-order valence-corrected chi connectivity index (χ3v) is 6.10. The maximum absolute atomic E-state index is 12.9. The summed E-state index contributed by atoms with van der Waals surface area (Å²) in [4.78, 5) is 16.4. The van der Waals surface area contributed by atoms with Gasteiger partial charge in [0.25, 0.3) is 0 Å². The van der Waals surface area contributed by atoms with Crippen LogP contribution in [-0.4, -0.2) is 52.5 Å². The van der Waals surface area contributed by atoms with Gasteiger partial charge >= 0.3 is 6.18 Å². The van der Waals surface area contributed by atoms with Gasteiger partial charge in [-0.25, -0.2) is 0 Å². The summed E-state index contributed by atoms with van der Waals surface area (Å²) in [6.45, 7) is 2.81. The van der Waals surface area contributed by atoms with E-state index in [2.05, 4.69) is 10.2 Å². The van der Waals surface area contributed by atoms with Gasteiger partial charge in [-0.2, -0.15) is 13.2 Å². The summed E-state index contributed by atoms with van der Waals surface area (Å²) in [5, 5.41) is 3.25. The number of halogens is 3. The summed E-state index contributed by atoms with van der Waals surface area (Å²) in [6, 6.07) is 4.96. The SMILES string of the molecule is NC(=O)C1(N2CCCCC2)CCN(C(=S)Nc2cccc(C(F)(F)F)c2)CC1. The first-order valence-electron chi connectivity index (χ1n) is 9.50. The average molecular weight is 414 g/mol. The summed E-state index contributed by atoms with van der Waals surface area (Å²) in [7, 11) is 0. The van der Waals surface area contributed by atoms with Crippen LogP contribution in [0, 0.1) is 0 Å². The van der Waals surface area contributed by atoms with Gasteiger partial charge in [0, 0.05) is 18.8 Å². The highest BCUT2D eigenvalue weighted by Gasteiger charge is 2.45. The molecule has 1 aromatic carbocycles. The minimum absolute atomic E-state index is 0.294. The summed E-state index contributed by atoms with van der Waals surface area (Å²) in [5.74, 6) is -0.300. The van der Waals surface area contributed by atoms with E-state index < -0.39 is 17.3 Å². The Labute approximate surface area is 168 Å². The van der Waals surface area contributed by atoms with E-state index in [1.807, 2.05) is 4.90 Å². The summed E-state index contributed by atoms with van der Waals surface area (Å²) >= 11 is 5.39. The molecule has 154 valence electrons. The molecule has 2 aliphatic rings. The fourth-order valence-corrected chi connectivity index (χ4v) is 4.40. The highest BCUT2D eigenvalue weighted by molar-refractivity contribution is 7.80. The minimum Gasteiger partial charge on any atom is -0.368 e. The number of primary amides is 1. The van der Waals surface area contributed by atoms with Gasteiger partial charge in [-0.1, -0.05) is 12.5 Å². The lowest BCUT2D eigenvalue weighted by Crippen LogP contribution is -2.64. The molecule has 1 aromatic rings. The van der Waals surface area contributed by atoms with Gasteiger partial charge < -0.3 is 16.0 Å². The molecule has 0 unspecified atom stereocenters. The van der Waals surface area contributed by atoms with Crippen molar-refractivity contribution in [2.45, 2.75) is 43.8 Å². The number of benzene rings is 1. The van der Waals surface area contributed by atoms with Crippen molar-refractivity contribution < 1.29 is 18.0 Å². The van der Waals surface area contributed by atoms with E-state index in [0.717, 1.165) is 38.1 Å². The zero-order valence-corrected chi connectivity index (χ0v) is 16.4. The van der Waals surface area contributed by atoms with Crippen LogP contribution in [0.1, 0.15) is 37.7 Å². The van der Waals surface area contributed by atoms with E-state index in [1.54, 1.807) is 6.07 Å². The van der Waals surface area contributed by atoms with Crippen molar-refractivity contribution in [1.29, 1.82) is 0 Å². The molecular formula is C19H25F3N4OS. The van der Waals surface area contributed by atoms with Crippen LogP contribution in [0.5, 0.6) is 0 Å². The van der Waals surface area contributed by atoms with Crippen molar-refractivity contribution in [1.82, 2.24) is 9.80 Å². The Morgan fingerprint density at radius 2 is 1.75 bits per heavy atom. The van der Waals surface area contributed by atoms with Gasteiger partial charge in [0.1, 0.15) is 5.54 Å². The van der Waals surface area contributed by atoms with Crippen LogP contribution in [0.25, 0.3) is 0 Å². The molecule has 0 radical (unpaired) electrons. The number of hydrogen-bond acceptors (Lipinski definition) is 3. The van der Waals surface area contributed by atoms with Crippen molar-refractivity contribution >= 4 is 28.9 Å². The van der Waals surface area contributed by atoms with E-state index >= 15 is 0 Å². The van der Waals surface area contributed by atoms with Crippen LogP contribution in [0.4, 0.5) is 18.9 Å². The Bertz CT molecular complexity index is 726. The molecule has 2 fully saturated rings. The largest absolute Gasteiger partial charge is 0.416 e. The smallest absolute Gasteiger partial charge is 0.368 e. The van der Waals surface area contributed by atoms with Gasteiger partial charge in [0.15, 0.2) is 5.11 Å². The van der Waals surface area contributed by atoms with Crippen LogP contribution >= 0.6 is 12.2 Å². The molecule has 9 heteroatoms. The van der Waals surface area contributed by atoms with Crippen molar-refractivity contribution in [2.75, 3.05) is 31.5 Å². The molecule has 0 aliphatic carbocycles. The number of nitrogens with zero attached hydrogens (tertiary/aromatic N) is 2. The van der Waals surface area contributed by atoms with Crippen molar-refractivity contribution in [3.63, 3.8) is 0 Å². The molecule has 3 N–H and O–H groups in total. The number of nitrogens with two attached hydrogens (primary N) is 1. The number of nitrogens with one attached hydrogen (secondary N) is 1. The third kappa shape index (κ3) is 4.41. The summed E-state index contributed by atoms with van der Waals surface area (Å²) < 4.78 is 38.6. The first-order valence-corrected chi connectivity index (χ1v) is 9.91. The number of anilines is 1. The van der Waals surface area contributed by atoms with Crippen LogP contribution < -0.4 is 11.1 Å². The molecule has 2 saturated heterocycles. The molecule has 28 heavy (non-hydrogen) atoms. The number of alkyl halides is 3. The molecule has 0 atom stereocenters. The lowest BCUT2D eigenvalue weighted by atomic mass is 9.83. The highest BCUT2D eigenvalue weighted by Crippen LogP contribution is 2.33. The number of hydrogen-bond donors (Lipinski definition) is 2. The van der Waals surface area contributed by atoms with E-state index in [0.29, 0.717) is 36.7 Å². The fraction of sp³-hybridized carbons (Fsp3) is 0.579. The number of carbonyl (C=O) groups excluding carboxylic acids is 1. The highest BCUT2D eigenvalue weighted by atomic mass is 32.1. The van der Waals surface area contributed by atoms with Gasteiger partial charge in [0.05, 0.1) is 5.56 Å².